The van der Waals surface area contributed by atoms with Crippen LogP contribution in [0.25, 0.3) is 0 Å². The van der Waals surface area contributed by atoms with Crippen LogP contribution in [0.4, 0.5) is 0 Å². The van der Waals surface area contributed by atoms with Gasteiger partial charge in [0.1, 0.15) is 4.90 Å². The monoisotopic (exact) mass is 311 g/mol. The first kappa shape index (κ1) is 14.9. The van der Waals surface area contributed by atoms with Crippen LogP contribution >= 0.6 is 0 Å². The van der Waals surface area contributed by atoms with Gasteiger partial charge in [0.2, 0.25) is 10.0 Å². The van der Waals surface area contributed by atoms with E-state index in [1.54, 1.807) is 18.3 Å². The lowest BCUT2D eigenvalue weighted by Crippen LogP contribution is -2.62. The molecule has 1 aliphatic carbocycles. The molecule has 1 saturated carbocycles. The van der Waals surface area contributed by atoms with Gasteiger partial charge in [-0.15, -0.1) is 0 Å². The summed E-state index contributed by atoms with van der Waals surface area (Å²) in [7, 11) is -3.48. The molecule has 7 heteroatoms. The zero-order valence-electron chi connectivity index (χ0n) is 12.0. The molecule has 0 radical (unpaired) electrons. The number of sulfonamides is 1. The van der Waals surface area contributed by atoms with Crippen LogP contribution in [0.1, 0.15) is 19.3 Å². The van der Waals surface area contributed by atoms with Crippen molar-refractivity contribution in [3.63, 3.8) is 0 Å². The summed E-state index contributed by atoms with van der Waals surface area (Å²) < 4.78 is 32.8. The van der Waals surface area contributed by atoms with Crippen LogP contribution in [0.15, 0.2) is 29.4 Å². The lowest BCUT2D eigenvalue weighted by Gasteiger charge is -2.51. The van der Waals surface area contributed by atoms with E-state index in [1.165, 1.54) is 6.20 Å². The Morgan fingerprint density at radius 1 is 1.33 bits per heavy atom. The molecule has 6 nitrogen and oxygen atoms in total. The summed E-state index contributed by atoms with van der Waals surface area (Å²) in [4.78, 5) is 6.48. The molecule has 1 N–H and O–H groups in total. The molecule has 0 aromatic carbocycles. The lowest BCUT2D eigenvalue weighted by atomic mass is 9.75. The number of aromatic nitrogens is 1. The smallest absolute Gasteiger partial charge is 0.242 e. The van der Waals surface area contributed by atoms with Crippen molar-refractivity contribution in [1.82, 2.24) is 14.6 Å². The number of rotatable bonds is 5. The molecule has 1 saturated heterocycles. The van der Waals surface area contributed by atoms with Crippen LogP contribution in [-0.2, 0) is 14.8 Å². The van der Waals surface area contributed by atoms with E-state index in [-0.39, 0.29) is 10.4 Å². The Balaban J connectivity index is 1.68. The fourth-order valence-corrected chi connectivity index (χ4v) is 4.13. The average molecular weight is 311 g/mol. The Hall–Kier alpha value is -1.02. The van der Waals surface area contributed by atoms with Crippen LogP contribution in [0.5, 0.6) is 0 Å². The molecule has 0 unspecified atom stereocenters. The van der Waals surface area contributed by atoms with E-state index >= 15 is 0 Å². The van der Waals surface area contributed by atoms with Gasteiger partial charge in [-0.25, -0.2) is 13.1 Å². The lowest BCUT2D eigenvalue weighted by molar-refractivity contribution is -0.0527. The molecular formula is C14H21N3O3S. The highest BCUT2D eigenvalue weighted by Crippen LogP contribution is 2.37. The molecule has 1 aromatic heterocycles. The second kappa shape index (κ2) is 6.00. The minimum atomic E-state index is -3.48. The van der Waals surface area contributed by atoms with Gasteiger partial charge in [-0.2, -0.15) is 0 Å². The Morgan fingerprint density at radius 2 is 2.10 bits per heavy atom. The summed E-state index contributed by atoms with van der Waals surface area (Å²) in [5, 5.41) is 0. The average Bonchev–Trinajstić information content (AvgIpc) is 2.48. The predicted octanol–water partition coefficient (Wildman–Crippen LogP) is 0.615. The van der Waals surface area contributed by atoms with Gasteiger partial charge in [-0.3, -0.25) is 9.88 Å². The minimum absolute atomic E-state index is 0.0287. The van der Waals surface area contributed by atoms with E-state index < -0.39 is 10.0 Å². The van der Waals surface area contributed by atoms with Crippen molar-refractivity contribution in [2.75, 3.05) is 32.8 Å². The van der Waals surface area contributed by atoms with Crippen molar-refractivity contribution in [3.8, 4) is 0 Å². The maximum absolute atomic E-state index is 12.3. The Morgan fingerprint density at radius 3 is 2.67 bits per heavy atom. The van der Waals surface area contributed by atoms with E-state index in [0.717, 1.165) is 45.6 Å². The third-order valence-electron chi connectivity index (χ3n) is 4.50. The Kier molecular flexibility index (Phi) is 4.26. The standard InChI is InChI=1S/C14H21N3O3S/c18-21(19,13-3-1-6-15-11-13)16-12-14(4-2-5-14)17-7-9-20-10-8-17/h1,3,6,11,16H,2,4-5,7-10,12H2. The van der Waals surface area contributed by atoms with Crippen molar-refractivity contribution >= 4 is 10.0 Å². The summed E-state index contributed by atoms with van der Waals surface area (Å²) in [5.41, 5.74) is -0.0287. The second-order valence-electron chi connectivity index (χ2n) is 5.69. The quantitative estimate of drug-likeness (QED) is 0.863. The predicted molar refractivity (Wildman–Crippen MR) is 78.4 cm³/mol. The zero-order valence-corrected chi connectivity index (χ0v) is 12.8. The SMILES string of the molecule is O=S(=O)(NCC1(N2CCOCC2)CCC1)c1cccnc1. The Labute approximate surface area is 125 Å². The van der Waals surface area contributed by atoms with Gasteiger partial charge in [0, 0.05) is 37.6 Å². The molecule has 21 heavy (non-hydrogen) atoms. The number of hydrogen-bond acceptors (Lipinski definition) is 5. The summed E-state index contributed by atoms with van der Waals surface area (Å²) in [6.07, 6.45) is 6.20. The molecular weight excluding hydrogens is 290 g/mol. The maximum atomic E-state index is 12.3. The molecule has 1 aromatic rings. The number of ether oxygens (including phenoxy) is 1. The molecule has 1 aliphatic heterocycles. The summed E-state index contributed by atoms with van der Waals surface area (Å²) >= 11 is 0. The molecule has 2 heterocycles. The molecule has 2 fully saturated rings. The normalized spacial score (nSPS) is 22.7. The number of hydrogen-bond donors (Lipinski definition) is 1. The van der Waals surface area contributed by atoms with Gasteiger partial charge in [0.15, 0.2) is 0 Å². The highest BCUT2D eigenvalue weighted by molar-refractivity contribution is 7.89. The number of nitrogens with zero attached hydrogens (tertiary/aromatic N) is 2. The molecule has 2 aliphatic rings. The number of morpholine rings is 1. The third-order valence-corrected chi connectivity index (χ3v) is 5.89. The molecule has 0 amide bonds. The minimum Gasteiger partial charge on any atom is -0.379 e. The summed E-state index contributed by atoms with van der Waals surface area (Å²) in [5.74, 6) is 0. The van der Waals surface area contributed by atoms with Crippen LogP contribution in [-0.4, -0.2) is 56.7 Å². The van der Waals surface area contributed by atoms with Crippen LogP contribution in [0.3, 0.4) is 0 Å². The first-order valence-electron chi connectivity index (χ1n) is 7.35. The summed E-state index contributed by atoms with van der Waals surface area (Å²) in [6, 6.07) is 3.20. The van der Waals surface area contributed by atoms with Crippen molar-refractivity contribution < 1.29 is 13.2 Å². The van der Waals surface area contributed by atoms with Crippen molar-refractivity contribution in [2.24, 2.45) is 0 Å². The van der Waals surface area contributed by atoms with Crippen molar-refractivity contribution in [3.05, 3.63) is 24.5 Å². The topological polar surface area (TPSA) is 71.5 Å². The van der Waals surface area contributed by atoms with Crippen LogP contribution in [0, 0.1) is 0 Å². The largest absolute Gasteiger partial charge is 0.379 e. The van der Waals surface area contributed by atoms with Gasteiger partial charge in [0.05, 0.1) is 13.2 Å². The molecule has 0 spiro atoms. The second-order valence-corrected chi connectivity index (χ2v) is 7.46. The van der Waals surface area contributed by atoms with Gasteiger partial charge in [-0.1, -0.05) is 0 Å². The maximum Gasteiger partial charge on any atom is 0.242 e. The van der Waals surface area contributed by atoms with Crippen molar-refractivity contribution in [1.29, 1.82) is 0 Å². The number of pyridine rings is 1. The van der Waals surface area contributed by atoms with E-state index in [4.69, 9.17) is 4.74 Å². The molecule has 3 rings (SSSR count). The molecule has 0 bridgehead atoms. The van der Waals surface area contributed by atoms with E-state index in [9.17, 15) is 8.42 Å². The molecule has 116 valence electrons. The van der Waals surface area contributed by atoms with Gasteiger partial charge in [0.25, 0.3) is 0 Å². The van der Waals surface area contributed by atoms with E-state index in [2.05, 4.69) is 14.6 Å². The first-order valence-corrected chi connectivity index (χ1v) is 8.83. The zero-order chi connectivity index (χ0) is 14.8. The highest BCUT2D eigenvalue weighted by atomic mass is 32.2. The van der Waals surface area contributed by atoms with Gasteiger partial charge < -0.3 is 4.74 Å². The van der Waals surface area contributed by atoms with Gasteiger partial charge in [-0.05, 0) is 31.4 Å². The van der Waals surface area contributed by atoms with E-state index in [0.29, 0.717) is 6.54 Å². The molecule has 0 atom stereocenters. The van der Waals surface area contributed by atoms with E-state index in [1.807, 2.05) is 0 Å². The van der Waals surface area contributed by atoms with Crippen LogP contribution in [0.2, 0.25) is 0 Å². The summed E-state index contributed by atoms with van der Waals surface area (Å²) in [6.45, 7) is 3.70. The number of nitrogens with one attached hydrogen (secondary N) is 1. The highest BCUT2D eigenvalue weighted by Gasteiger charge is 2.43. The third kappa shape index (κ3) is 3.11. The van der Waals surface area contributed by atoms with Crippen molar-refractivity contribution in [2.45, 2.75) is 29.7 Å². The fourth-order valence-electron chi connectivity index (χ4n) is 3.05. The first-order chi connectivity index (χ1) is 10.1. The van der Waals surface area contributed by atoms with Crippen LogP contribution < -0.4 is 4.72 Å². The van der Waals surface area contributed by atoms with Gasteiger partial charge >= 0.3 is 0 Å². The Bertz CT molecular complexity index is 566. The fraction of sp³-hybridized carbons (Fsp3) is 0.643.